The lowest BCUT2D eigenvalue weighted by Gasteiger charge is -2.39. The van der Waals surface area contributed by atoms with E-state index in [0.717, 1.165) is 19.3 Å². The number of piperidine rings is 1. The Hall–Kier alpha value is -2.46. The number of unbranched alkanes of at least 4 members (excludes halogenated alkanes) is 1. The lowest BCUT2D eigenvalue weighted by Crippen LogP contribution is -2.57. The maximum Gasteiger partial charge on any atom is 0.411 e. The molecule has 1 aliphatic heterocycles. The zero-order chi connectivity index (χ0) is 27.0. The molecule has 2 rings (SSSR count). The van der Waals surface area contributed by atoms with Crippen molar-refractivity contribution in [2.45, 2.75) is 98.3 Å². The number of allylic oxidation sites excluding steroid dienone is 2. The molecule has 0 aromatic heterocycles. The van der Waals surface area contributed by atoms with Gasteiger partial charge in [-0.15, -0.1) is 5.06 Å². The number of nitrogens with one attached hydrogen (secondary N) is 1. The summed E-state index contributed by atoms with van der Waals surface area (Å²) in [5.74, 6) is -2.36. The largest absolute Gasteiger partial charge is 0.444 e. The van der Waals surface area contributed by atoms with Gasteiger partial charge in [0.1, 0.15) is 11.6 Å². The van der Waals surface area contributed by atoms with Crippen LogP contribution in [0, 0.1) is 17.8 Å². The average molecular weight is 510 g/mol. The molecule has 1 N–H and O–H groups in total. The molecule has 1 saturated heterocycles. The topological polar surface area (TPSA) is 114 Å². The van der Waals surface area contributed by atoms with Crippen molar-refractivity contribution < 1.29 is 33.6 Å². The van der Waals surface area contributed by atoms with Crippen molar-refractivity contribution in [1.29, 1.82) is 0 Å². The molecule has 204 valence electrons. The number of rotatable bonds is 8. The van der Waals surface area contributed by atoms with Gasteiger partial charge in [-0.25, -0.2) is 9.59 Å². The van der Waals surface area contributed by atoms with Crippen LogP contribution in [0.5, 0.6) is 0 Å². The van der Waals surface area contributed by atoms with Crippen molar-refractivity contribution in [2.24, 2.45) is 17.8 Å². The van der Waals surface area contributed by atoms with Gasteiger partial charge in [0.25, 0.3) is 11.8 Å². The average Bonchev–Trinajstić information content (AvgIpc) is 3.24. The van der Waals surface area contributed by atoms with Crippen LogP contribution in [0.4, 0.5) is 4.79 Å². The molecule has 0 aromatic carbocycles. The number of amides is 3. The van der Waals surface area contributed by atoms with E-state index in [1.165, 1.54) is 11.8 Å². The zero-order valence-corrected chi connectivity index (χ0v) is 22.7. The summed E-state index contributed by atoms with van der Waals surface area (Å²) in [7, 11) is 0. The monoisotopic (exact) mass is 509 g/mol. The van der Waals surface area contributed by atoms with E-state index in [1.807, 2.05) is 12.2 Å². The van der Waals surface area contributed by atoms with E-state index < -0.39 is 41.4 Å². The Kier molecular flexibility index (Phi) is 10.9. The van der Waals surface area contributed by atoms with Crippen molar-refractivity contribution in [1.82, 2.24) is 15.4 Å². The molecule has 1 aliphatic carbocycles. The van der Waals surface area contributed by atoms with Gasteiger partial charge in [0.2, 0.25) is 0 Å². The highest BCUT2D eigenvalue weighted by molar-refractivity contribution is 5.96. The standard InChI is InChI=1S/C26H43N3O7/c1-8-9-14-34-27-21-12-13-22(28(16-21)25(33)35-26(5,6)7)24(32)36-29(19(4)30)23(31)18(3)20-11-10-17(2)15-20/h10-11,17-18,20-22,27H,8-9,12-16H2,1-7H3/t17-,18?,20+,21+,22-/m0/s1. The first-order chi connectivity index (χ1) is 16.8. The first-order valence-corrected chi connectivity index (χ1v) is 13.0. The van der Waals surface area contributed by atoms with E-state index in [9.17, 15) is 19.2 Å². The van der Waals surface area contributed by atoms with Gasteiger partial charge in [0, 0.05) is 19.4 Å². The van der Waals surface area contributed by atoms with Gasteiger partial charge in [-0.2, -0.15) is 5.48 Å². The van der Waals surface area contributed by atoms with E-state index in [0.29, 0.717) is 24.0 Å². The van der Waals surface area contributed by atoms with Crippen molar-refractivity contribution >= 4 is 23.9 Å². The van der Waals surface area contributed by atoms with Crippen LogP contribution in [0.15, 0.2) is 12.2 Å². The number of hydrogen-bond acceptors (Lipinski definition) is 8. The van der Waals surface area contributed by atoms with Crippen molar-refractivity contribution in [3.05, 3.63) is 12.2 Å². The Morgan fingerprint density at radius 3 is 2.42 bits per heavy atom. The molecule has 10 nitrogen and oxygen atoms in total. The van der Waals surface area contributed by atoms with Crippen LogP contribution in [0.25, 0.3) is 0 Å². The summed E-state index contributed by atoms with van der Waals surface area (Å²) in [6.45, 7) is 12.9. The molecule has 36 heavy (non-hydrogen) atoms. The molecule has 0 radical (unpaired) electrons. The second-order valence-corrected chi connectivity index (χ2v) is 10.9. The first kappa shape index (κ1) is 29.8. The number of hydrogen-bond donors (Lipinski definition) is 1. The van der Waals surface area contributed by atoms with E-state index in [1.54, 1.807) is 27.7 Å². The van der Waals surface area contributed by atoms with Crippen molar-refractivity contribution in [3.8, 4) is 0 Å². The second kappa shape index (κ2) is 13.2. The van der Waals surface area contributed by atoms with Gasteiger partial charge in [-0.1, -0.05) is 39.3 Å². The highest BCUT2D eigenvalue weighted by atomic mass is 16.7. The molecule has 5 atom stereocenters. The predicted octanol–water partition coefficient (Wildman–Crippen LogP) is 3.76. The van der Waals surface area contributed by atoms with Gasteiger partial charge in [-0.05, 0) is 58.3 Å². The fourth-order valence-electron chi connectivity index (χ4n) is 4.30. The summed E-state index contributed by atoms with van der Waals surface area (Å²) < 4.78 is 5.52. The Bertz CT molecular complexity index is 823. The highest BCUT2D eigenvalue weighted by Gasteiger charge is 2.42. The summed E-state index contributed by atoms with van der Waals surface area (Å²) in [5.41, 5.74) is 2.19. The Balaban J connectivity index is 2.13. The summed E-state index contributed by atoms with van der Waals surface area (Å²) >= 11 is 0. The minimum atomic E-state index is -1.01. The molecule has 0 aromatic rings. The fraction of sp³-hybridized carbons (Fsp3) is 0.769. The summed E-state index contributed by atoms with van der Waals surface area (Å²) in [5, 5.41) is 0.537. The second-order valence-electron chi connectivity index (χ2n) is 10.9. The van der Waals surface area contributed by atoms with Crippen LogP contribution < -0.4 is 5.48 Å². The van der Waals surface area contributed by atoms with Crippen LogP contribution in [-0.2, 0) is 28.8 Å². The van der Waals surface area contributed by atoms with E-state index >= 15 is 0 Å². The van der Waals surface area contributed by atoms with Crippen LogP contribution >= 0.6 is 0 Å². The smallest absolute Gasteiger partial charge is 0.411 e. The fourth-order valence-corrected chi connectivity index (χ4v) is 4.30. The first-order valence-electron chi connectivity index (χ1n) is 13.0. The lowest BCUT2D eigenvalue weighted by atomic mass is 9.91. The molecule has 3 amide bonds. The quantitative estimate of drug-likeness (QED) is 0.299. The molecular formula is C26H43N3O7. The summed E-state index contributed by atoms with van der Waals surface area (Å²) in [6, 6.07) is -1.22. The van der Waals surface area contributed by atoms with E-state index in [2.05, 4.69) is 19.3 Å². The predicted molar refractivity (Wildman–Crippen MR) is 133 cm³/mol. The van der Waals surface area contributed by atoms with Gasteiger partial charge in [0.05, 0.1) is 12.6 Å². The Morgan fingerprint density at radius 2 is 1.86 bits per heavy atom. The molecule has 1 unspecified atom stereocenters. The van der Waals surface area contributed by atoms with Gasteiger partial charge in [0.15, 0.2) is 0 Å². The van der Waals surface area contributed by atoms with Crippen molar-refractivity contribution in [2.75, 3.05) is 13.2 Å². The molecule has 2 aliphatic rings. The van der Waals surface area contributed by atoms with Crippen LogP contribution in [0.2, 0.25) is 0 Å². The maximum absolute atomic E-state index is 13.2. The molecule has 0 saturated carbocycles. The zero-order valence-electron chi connectivity index (χ0n) is 22.7. The van der Waals surface area contributed by atoms with Gasteiger partial charge < -0.3 is 14.4 Å². The molecule has 10 heteroatoms. The number of hydroxylamine groups is 3. The lowest BCUT2D eigenvalue weighted by molar-refractivity contribution is -0.208. The number of nitrogens with zero attached hydrogens (tertiary/aromatic N) is 2. The third-order valence-corrected chi connectivity index (χ3v) is 6.36. The molecular weight excluding hydrogens is 466 g/mol. The van der Waals surface area contributed by atoms with Crippen LogP contribution in [0.1, 0.15) is 80.6 Å². The molecule has 1 heterocycles. The van der Waals surface area contributed by atoms with Crippen LogP contribution in [0.3, 0.4) is 0 Å². The Labute approximate surface area is 214 Å². The van der Waals surface area contributed by atoms with E-state index in [-0.39, 0.29) is 24.9 Å². The van der Waals surface area contributed by atoms with Gasteiger partial charge >= 0.3 is 12.1 Å². The number of carbonyl (C=O) groups excluding carboxylic acids is 4. The van der Waals surface area contributed by atoms with E-state index in [4.69, 9.17) is 14.4 Å². The molecule has 0 spiro atoms. The Morgan fingerprint density at radius 1 is 1.17 bits per heavy atom. The van der Waals surface area contributed by atoms with Crippen LogP contribution in [-0.4, -0.2) is 64.7 Å². The summed E-state index contributed by atoms with van der Waals surface area (Å²) in [6.07, 6.45) is 6.78. The molecule has 1 fully saturated rings. The number of ether oxygens (including phenoxy) is 1. The third-order valence-electron chi connectivity index (χ3n) is 6.36. The molecule has 0 bridgehead atoms. The normalized spacial score (nSPS) is 24.8. The SMILES string of the molecule is CCCCON[C@@H]1CC[C@@H](C(=O)ON(C(C)=O)C(=O)C(C)[C@@H]2C=C[C@H](C)C2)N(C(=O)OC(C)(C)C)C1. The van der Waals surface area contributed by atoms with Crippen molar-refractivity contribution in [3.63, 3.8) is 0 Å². The number of imide groups is 1. The minimum absolute atomic E-state index is 0.0412. The maximum atomic E-state index is 13.2. The number of likely N-dealkylation sites (tertiary alicyclic amines) is 1. The minimum Gasteiger partial charge on any atom is -0.444 e. The third kappa shape index (κ3) is 8.58. The number of carbonyl (C=O) groups is 4. The highest BCUT2D eigenvalue weighted by Crippen LogP contribution is 2.30. The summed E-state index contributed by atoms with van der Waals surface area (Å²) in [4.78, 5) is 63.7. The van der Waals surface area contributed by atoms with Gasteiger partial charge in [-0.3, -0.25) is 14.5 Å².